The predicted octanol–water partition coefficient (Wildman–Crippen LogP) is 37.7. The van der Waals surface area contributed by atoms with E-state index in [0.29, 0.717) is 60.2 Å². The third-order valence-corrected chi connectivity index (χ3v) is 32.2. The highest BCUT2D eigenvalue weighted by Gasteiger charge is 2.43. The molecule has 2 aliphatic rings. The van der Waals surface area contributed by atoms with Crippen LogP contribution in [-0.4, -0.2) is 71.9 Å². The van der Waals surface area contributed by atoms with E-state index in [0.717, 1.165) is 281 Å². The van der Waals surface area contributed by atoms with Crippen LogP contribution in [0.25, 0.3) is 172 Å². The Labute approximate surface area is 807 Å². The van der Waals surface area contributed by atoms with Crippen LogP contribution in [0.2, 0.25) is 0 Å². The SMILES string of the molecule is CCCCCCCCOc1cc2c3c(cc(OCCCCCCCC)c4c5ccc6c7ccc8c9ccc%10c%11c(OCCCCCCCC)cc%12c%13ccc%14c%15c(ccc(c%16cc(OCCCCCCCC)c(c%17ccc(c%18ccc(c%19ccc(c1c34)c5c%196)c7c%188)c9c%17%10)c%11c%16%12)c%15%13)C(=O)N(C(CCCCCCC)CCCCCCC)C%14=O)C(=O)N(C(CCCCCCC)CCCCCCC)C2=O. The molecule has 10 nitrogen and oxygen atoms in total. The van der Waals surface area contributed by atoms with Crippen molar-refractivity contribution in [3.8, 4) is 23.0 Å². The zero-order chi connectivity index (χ0) is 93.5. The highest BCUT2D eigenvalue weighted by molar-refractivity contribution is 6.52. The van der Waals surface area contributed by atoms with Gasteiger partial charge in [0, 0.05) is 66.3 Å². The smallest absolute Gasteiger partial charge is 0.261 e. The van der Waals surface area contributed by atoms with E-state index in [1.165, 1.54) is 211 Å². The molecular formula is C126H150N2O8. The van der Waals surface area contributed by atoms with Gasteiger partial charge in [0.1, 0.15) is 23.0 Å². The molecule has 19 rings (SSSR count). The van der Waals surface area contributed by atoms with Crippen molar-refractivity contribution in [2.24, 2.45) is 0 Å². The number of carbonyl (C=O) groups is 4. The van der Waals surface area contributed by atoms with Crippen LogP contribution >= 0.6 is 0 Å². The van der Waals surface area contributed by atoms with E-state index < -0.39 is 0 Å². The van der Waals surface area contributed by atoms with Gasteiger partial charge < -0.3 is 18.9 Å². The summed E-state index contributed by atoms with van der Waals surface area (Å²) in [5.41, 5.74) is 2.38. The first kappa shape index (κ1) is 94.6. The van der Waals surface area contributed by atoms with Crippen molar-refractivity contribution in [2.45, 2.75) is 376 Å². The van der Waals surface area contributed by atoms with Gasteiger partial charge in [0.15, 0.2) is 0 Å². The number of imide groups is 2. The summed E-state index contributed by atoms with van der Waals surface area (Å²) in [5.74, 6) is 2.42. The molecule has 17 aromatic rings. The van der Waals surface area contributed by atoms with Gasteiger partial charge in [0.2, 0.25) is 0 Å². The molecule has 0 fully saturated rings. The normalized spacial score (nSPS) is 13.5. The molecule has 0 saturated carbocycles. The zero-order valence-electron chi connectivity index (χ0n) is 83.6. The molecule has 10 heteroatoms. The lowest BCUT2D eigenvalue weighted by Crippen LogP contribution is -2.47. The van der Waals surface area contributed by atoms with E-state index in [1.54, 1.807) is 9.80 Å². The molecule has 712 valence electrons. The first-order valence-electron chi connectivity index (χ1n) is 55.1. The number of carbonyl (C=O) groups excluding carboxylic acids is 4. The summed E-state index contributed by atoms with van der Waals surface area (Å²) in [6, 6.07) is 45.9. The number of hydrogen-bond donors (Lipinski definition) is 0. The summed E-state index contributed by atoms with van der Waals surface area (Å²) in [6.45, 7) is 20.3. The fourth-order valence-corrected chi connectivity index (χ4v) is 25.2. The molecule has 2 heterocycles. The predicted molar refractivity (Wildman–Crippen MR) is 580 cm³/mol. The molecule has 0 atom stereocenters. The van der Waals surface area contributed by atoms with E-state index >= 15 is 19.2 Å². The second-order valence-electron chi connectivity index (χ2n) is 41.5. The van der Waals surface area contributed by atoms with Gasteiger partial charge in [-0.25, -0.2) is 0 Å². The first-order valence-corrected chi connectivity index (χ1v) is 55.1. The van der Waals surface area contributed by atoms with Crippen molar-refractivity contribution in [1.82, 2.24) is 9.80 Å². The van der Waals surface area contributed by atoms with Crippen LogP contribution < -0.4 is 18.9 Å². The number of ether oxygens (including phenoxy) is 4. The molecule has 0 aromatic heterocycles. The summed E-state index contributed by atoms with van der Waals surface area (Å²) in [5, 5.41) is 35.3. The lowest BCUT2D eigenvalue weighted by Gasteiger charge is -2.35. The van der Waals surface area contributed by atoms with E-state index in [4.69, 9.17) is 18.9 Å². The third-order valence-electron chi connectivity index (χ3n) is 32.2. The molecule has 0 bridgehead atoms. The van der Waals surface area contributed by atoms with Crippen LogP contribution in [0.15, 0.2) is 121 Å². The number of hydrogen-bond acceptors (Lipinski definition) is 8. The minimum absolute atomic E-state index is 0.158. The monoisotopic (exact) mass is 1820 g/mol. The van der Waals surface area contributed by atoms with Crippen molar-refractivity contribution in [1.29, 1.82) is 0 Å². The van der Waals surface area contributed by atoms with Crippen LogP contribution in [0, 0.1) is 0 Å². The van der Waals surface area contributed by atoms with Crippen LogP contribution in [0.1, 0.15) is 405 Å². The van der Waals surface area contributed by atoms with Crippen molar-refractivity contribution in [2.75, 3.05) is 26.4 Å². The summed E-state index contributed by atoms with van der Waals surface area (Å²) in [7, 11) is 0. The Bertz CT molecular complexity index is 6740. The quantitative estimate of drug-likeness (QED) is 0.0160. The molecular weight excluding hydrogens is 1670 g/mol. The minimum atomic E-state index is -0.215. The fourth-order valence-electron chi connectivity index (χ4n) is 25.2. The summed E-state index contributed by atoms with van der Waals surface area (Å²) in [4.78, 5) is 67.1. The first-order chi connectivity index (χ1) is 67.0. The van der Waals surface area contributed by atoms with Crippen molar-refractivity contribution >= 4 is 196 Å². The molecule has 0 N–H and O–H groups in total. The van der Waals surface area contributed by atoms with Gasteiger partial charge in [0.25, 0.3) is 23.6 Å². The number of nitrogens with zero attached hydrogens (tertiary/aromatic N) is 2. The molecule has 0 unspecified atom stereocenters. The molecule has 0 saturated heterocycles. The maximum absolute atomic E-state index is 16.1. The number of fused-ring (bicyclic) bond motifs is 10. The standard InChI is InChI=1S/C126H150N2O8/c1-9-17-25-33-41-49-73-133-103-77-99-91-65-71-97-114-98(124(130)127(123(97)129)81(53-45-37-29-21-13-5)54-46-38-30-22-14-6)72-66-92(111(91)114)100-78-104(134-74-50-42-34-26-18-10-2)118-94-68-62-88-84-58-60-86-90-64-70-96-113-95(69-63-89(110(90)113)85-59-57-83(107(84)108(85)86)87-61-67-93(112(94)109(87)88)117(103)121(118)115(99)100)119-105(135-75-51-43-35-27-19-11-3)79-101-116-102(80-106(120(96)122(116)119)136-76-52-44-36-28-20-12-4)126(132)128(125(101)131)82(55-47-39-31-23-15-7)56-48-40-32-24-16-8/h57-72,77-82H,9-56,73-76H2,1-8H3. The fraction of sp³-hybridized carbons (Fsp3) is 0.492. The van der Waals surface area contributed by atoms with Crippen LogP contribution in [0.4, 0.5) is 0 Å². The highest BCUT2D eigenvalue weighted by atomic mass is 16.5. The van der Waals surface area contributed by atoms with Gasteiger partial charge in [0.05, 0.1) is 37.6 Å². The van der Waals surface area contributed by atoms with E-state index in [9.17, 15) is 0 Å². The summed E-state index contributed by atoms with van der Waals surface area (Å²) < 4.78 is 29.7. The Morgan fingerprint density at radius 3 is 0.632 bits per heavy atom. The van der Waals surface area contributed by atoms with Crippen LogP contribution in [0.5, 0.6) is 23.0 Å². The van der Waals surface area contributed by atoms with Crippen molar-refractivity contribution in [3.05, 3.63) is 144 Å². The maximum Gasteiger partial charge on any atom is 0.261 e. The van der Waals surface area contributed by atoms with Crippen molar-refractivity contribution < 1.29 is 38.1 Å². The zero-order valence-corrected chi connectivity index (χ0v) is 83.6. The summed E-state index contributed by atoms with van der Waals surface area (Å²) >= 11 is 0. The Kier molecular flexibility index (Phi) is 30.2. The third kappa shape index (κ3) is 17.5. The molecule has 0 aliphatic carbocycles. The van der Waals surface area contributed by atoms with Gasteiger partial charge >= 0.3 is 0 Å². The van der Waals surface area contributed by atoms with Gasteiger partial charge in [-0.05, 0) is 217 Å². The van der Waals surface area contributed by atoms with Gasteiger partial charge in [-0.15, -0.1) is 0 Å². The largest absolute Gasteiger partial charge is 0.493 e. The van der Waals surface area contributed by atoms with Crippen LogP contribution in [-0.2, 0) is 0 Å². The topological polar surface area (TPSA) is 112 Å². The summed E-state index contributed by atoms with van der Waals surface area (Å²) in [6.07, 6.45) is 52.9. The number of unbranched alkanes of at least 4 members (excludes halogenated alkanes) is 36. The van der Waals surface area contributed by atoms with E-state index in [1.807, 2.05) is 0 Å². The van der Waals surface area contributed by atoms with E-state index in [2.05, 4.69) is 177 Å². The average Bonchev–Trinajstić information content (AvgIpc) is 0.668. The Hall–Kier alpha value is -10.3. The minimum Gasteiger partial charge on any atom is -0.493 e. The van der Waals surface area contributed by atoms with E-state index in [-0.39, 0.29) is 35.7 Å². The molecule has 17 aromatic carbocycles. The van der Waals surface area contributed by atoms with Gasteiger partial charge in [-0.2, -0.15) is 0 Å². The average molecular weight is 1820 g/mol. The number of amides is 4. The molecule has 0 radical (unpaired) electrons. The molecule has 2 aliphatic heterocycles. The lowest BCUT2D eigenvalue weighted by atomic mass is 9.79. The van der Waals surface area contributed by atoms with Gasteiger partial charge in [-0.1, -0.05) is 397 Å². The molecule has 0 spiro atoms. The second kappa shape index (κ2) is 43.4. The maximum atomic E-state index is 16.1. The Morgan fingerprint density at radius 1 is 0.176 bits per heavy atom. The Balaban J connectivity index is 0.802. The molecule has 4 amide bonds. The van der Waals surface area contributed by atoms with Crippen molar-refractivity contribution in [3.63, 3.8) is 0 Å². The molecule has 136 heavy (non-hydrogen) atoms. The van der Waals surface area contributed by atoms with Gasteiger partial charge in [-0.3, -0.25) is 29.0 Å². The van der Waals surface area contributed by atoms with Crippen LogP contribution in [0.3, 0.4) is 0 Å². The number of rotatable bonds is 58. The highest BCUT2D eigenvalue weighted by Crippen LogP contribution is 2.59. The lowest BCUT2D eigenvalue weighted by molar-refractivity contribution is 0.0501. The number of benzene rings is 17. The second-order valence-corrected chi connectivity index (χ2v) is 41.5. The Morgan fingerprint density at radius 2 is 0.360 bits per heavy atom.